The Labute approximate surface area is 111 Å². The predicted octanol–water partition coefficient (Wildman–Crippen LogP) is 2.48. The number of carbonyl (C=O) groups is 2. The molecule has 4 nitrogen and oxygen atoms in total. The van der Waals surface area contributed by atoms with Crippen LogP contribution in [0.5, 0.6) is 0 Å². The molecule has 0 aromatic heterocycles. The van der Waals surface area contributed by atoms with Crippen molar-refractivity contribution in [1.29, 1.82) is 0 Å². The topological polar surface area (TPSA) is 40.6 Å². The quantitative estimate of drug-likeness (QED) is 0.784. The molecule has 0 N–H and O–H groups in total. The number of anilines is 1. The Hall–Kier alpha value is -1.55. The number of imide groups is 1. The molecule has 5 heteroatoms. The van der Waals surface area contributed by atoms with Gasteiger partial charge in [0.05, 0.1) is 17.6 Å². The Morgan fingerprint density at radius 2 is 1.83 bits per heavy atom. The standard InChI is InChI=1S/C13H15ClN2O2/c1-9(17)16-12(18)13(2,3)8-15(16)11-6-4-10(14)5-7-11/h4-7H,8H2,1-3H3. The fraction of sp³-hybridized carbons (Fsp3) is 0.385. The van der Waals surface area contributed by atoms with Gasteiger partial charge in [-0.2, -0.15) is 5.01 Å². The number of benzene rings is 1. The number of rotatable bonds is 1. The third kappa shape index (κ3) is 2.08. The van der Waals surface area contributed by atoms with Gasteiger partial charge in [0, 0.05) is 11.9 Å². The molecule has 0 atom stereocenters. The Morgan fingerprint density at radius 1 is 1.28 bits per heavy atom. The maximum absolute atomic E-state index is 12.2. The summed E-state index contributed by atoms with van der Waals surface area (Å²) in [7, 11) is 0. The van der Waals surface area contributed by atoms with Crippen LogP contribution in [0.15, 0.2) is 24.3 Å². The Balaban J connectivity index is 2.40. The zero-order valence-corrected chi connectivity index (χ0v) is 11.4. The van der Waals surface area contributed by atoms with Gasteiger partial charge in [0.15, 0.2) is 0 Å². The van der Waals surface area contributed by atoms with Crippen LogP contribution in [0.3, 0.4) is 0 Å². The molecule has 96 valence electrons. The van der Waals surface area contributed by atoms with E-state index < -0.39 is 5.41 Å². The lowest BCUT2D eigenvalue weighted by Gasteiger charge is -2.26. The summed E-state index contributed by atoms with van der Waals surface area (Å²) in [5.41, 5.74) is 0.221. The molecule has 0 bridgehead atoms. The molecule has 1 saturated heterocycles. The number of amides is 2. The molecule has 1 aromatic carbocycles. The van der Waals surface area contributed by atoms with Crippen LogP contribution in [0.25, 0.3) is 0 Å². The van der Waals surface area contributed by atoms with Crippen LogP contribution in [0, 0.1) is 5.41 Å². The fourth-order valence-corrected chi connectivity index (χ4v) is 2.17. The van der Waals surface area contributed by atoms with Crippen LogP contribution in [-0.2, 0) is 9.59 Å². The lowest BCUT2D eigenvalue weighted by Crippen LogP contribution is -2.42. The molecule has 0 radical (unpaired) electrons. The van der Waals surface area contributed by atoms with Crippen molar-refractivity contribution in [2.75, 3.05) is 11.6 Å². The summed E-state index contributed by atoms with van der Waals surface area (Å²) in [5, 5.41) is 3.52. The zero-order valence-electron chi connectivity index (χ0n) is 10.6. The van der Waals surface area contributed by atoms with Crippen LogP contribution in [-0.4, -0.2) is 23.4 Å². The van der Waals surface area contributed by atoms with Crippen molar-refractivity contribution in [2.24, 2.45) is 5.41 Å². The smallest absolute Gasteiger partial charge is 0.255 e. The summed E-state index contributed by atoms with van der Waals surface area (Å²) in [4.78, 5) is 23.8. The summed E-state index contributed by atoms with van der Waals surface area (Å²) >= 11 is 5.84. The van der Waals surface area contributed by atoms with Crippen molar-refractivity contribution in [2.45, 2.75) is 20.8 Å². The molecule has 18 heavy (non-hydrogen) atoms. The first-order valence-electron chi connectivity index (χ1n) is 5.71. The Morgan fingerprint density at radius 3 is 2.33 bits per heavy atom. The predicted molar refractivity (Wildman–Crippen MR) is 70.1 cm³/mol. The number of nitrogens with zero attached hydrogens (tertiary/aromatic N) is 2. The van der Waals surface area contributed by atoms with E-state index in [4.69, 9.17) is 11.6 Å². The third-order valence-electron chi connectivity index (χ3n) is 2.98. The highest BCUT2D eigenvalue weighted by atomic mass is 35.5. The van der Waals surface area contributed by atoms with Gasteiger partial charge in [-0.25, -0.2) is 0 Å². The zero-order chi connectivity index (χ0) is 13.5. The van der Waals surface area contributed by atoms with Crippen molar-refractivity contribution in [3.8, 4) is 0 Å². The van der Waals surface area contributed by atoms with Gasteiger partial charge in [-0.05, 0) is 38.1 Å². The molecule has 0 spiro atoms. The highest BCUT2D eigenvalue weighted by Crippen LogP contribution is 2.33. The fourth-order valence-electron chi connectivity index (χ4n) is 2.04. The van der Waals surface area contributed by atoms with E-state index in [1.165, 1.54) is 11.9 Å². The second-order valence-corrected chi connectivity index (χ2v) is 5.49. The molecule has 0 saturated carbocycles. The maximum Gasteiger partial charge on any atom is 0.255 e. The van der Waals surface area contributed by atoms with Gasteiger partial charge >= 0.3 is 0 Å². The van der Waals surface area contributed by atoms with Crippen molar-refractivity contribution in [1.82, 2.24) is 5.01 Å². The van der Waals surface area contributed by atoms with Crippen LogP contribution < -0.4 is 5.01 Å². The molecule has 1 aromatic rings. The number of hydrazine groups is 1. The summed E-state index contributed by atoms with van der Waals surface area (Å²) < 4.78 is 0. The minimum atomic E-state index is -0.564. The molecule has 1 fully saturated rings. The van der Waals surface area contributed by atoms with Gasteiger partial charge < -0.3 is 0 Å². The normalized spacial score (nSPS) is 18.3. The van der Waals surface area contributed by atoms with E-state index in [2.05, 4.69) is 0 Å². The minimum Gasteiger partial charge on any atom is -0.275 e. The van der Waals surface area contributed by atoms with E-state index in [0.717, 1.165) is 5.69 Å². The summed E-state index contributed by atoms with van der Waals surface area (Å²) in [5.74, 6) is -0.453. The van der Waals surface area contributed by atoms with Crippen molar-refractivity contribution >= 4 is 29.1 Å². The molecular weight excluding hydrogens is 252 g/mol. The van der Waals surface area contributed by atoms with Crippen molar-refractivity contribution in [3.05, 3.63) is 29.3 Å². The first-order chi connectivity index (χ1) is 8.33. The second-order valence-electron chi connectivity index (χ2n) is 5.05. The maximum atomic E-state index is 12.2. The summed E-state index contributed by atoms with van der Waals surface area (Å²) in [6.07, 6.45) is 0. The van der Waals surface area contributed by atoms with Gasteiger partial charge in [0.1, 0.15) is 0 Å². The number of carbonyl (C=O) groups excluding carboxylic acids is 2. The molecule has 1 aliphatic rings. The van der Waals surface area contributed by atoms with E-state index in [-0.39, 0.29) is 11.8 Å². The Bertz CT molecular complexity index is 496. The molecule has 1 aliphatic heterocycles. The third-order valence-corrected chi connectivity index (χ3v) is 3.23. The summed E-state index contributed by atoms with van der Waals surface area (Å²) in [6.45, 7) is 5.54. The van der Waals surface area contributed by atoms with Gasteiger partial charge in [0.2, 0.25) is 5.91 Å². The van der Waals surface area contributed by atoms with Gasteiger partial charge in [-0.1, -0.05) is 11.6 Å². The van der Waals surface area contributed by atoms with Crippen LogP contribution in [0.1, 0.15) is 20.8 Å². The first kappa shape index (κ1) is 12.9. The van der Waals surface area contributed by atoms with E-state index in [1.807, 2.05) is 13.8 Å². The average Bonchev–Trinajstić information content (AvgIpc) is 2.51. The van der Waals surface area contributed by atoms with Crippen molar-refractivity contribution in [3.63, 3.8) is 0 Å². The van der Waals surface area contributed by atoms with E-state index >= 15 is 0 Å². The van der Waals surface area contributed by atoms with Gasteiger partial charge in [0.25, 0.3) is 5.91 Å². The second kappa shape index (κ2) is 4.28. The highest BCUT2D eigenvalue weighted by molar-refractivity contribution is 6.30. The lowest BCUT2D eigenvalue weighted by atomic mass is 9.94. The molecule has 0 unspecified atom stereocenters. The first-order valence-corrected chi connectivity index (χ1v) is 6.09. The van der Waals surface area contributed by atoms with E-state index in [9.17, 15) is 9.59 Å². The average molecular weight is 267 g/mol. The largest absolute Gasteiger partial charge is 0.275 e. The minimum absolute atomic E-state index is 0.176. The SMILES string of the molecule is CC(=O)N1C(=O)C(C)(C)CN1c1ccc(Cl)cc1. The molecular formula is C13H15ClN2O2. The highest BCUT2D eigenvalue weighted by Gasteiger charge is 2.46. The summed E-state index contributed by atoms with van der Waals surface area (Å²) in [6, 6.07) is 7.08. The molecule has 2 amide bonds. The molecule has 2 rings (SSSR count). The number of hydrogen-bond donors (Lipinski definition) is 0. The monoisotopic (exact) mass is 266 g/mol. The van der Waals surface area contributed by atoms with Crippen LogP contribution >= 0.6 is 11.6 Å². The molecule has 1 heterocycles. The Kier molecular flexibility index (Phi) is 3.07. The lowest BCUT2D eigenvalue weighted by molar-refractivity contribution is -0.144. The van der Waals surface area contributed by atoms with E-state index in [0.29, 0.717) is 11.6 Å². The van der Waals surface area contributed by atoms with E-state index in [1.54, 1.807) is 29.3 Å². The number of halogens is 1. The van der Waals surface area contributed by atoms with Crippen LogP contribution in [0.2, 0.25) is 5.02 Å². The number of hydrogen-bond acceptors (Lipinski definition) is 3. The van der Waals surface area contributed by atoms with Crippen LogP contribution in [0.4, 0.5) is 5.69 Å². The van der Waals surface area contributed by atoms with Gasteiger partial charge in [-0.15, -0.1) is 0 Å². The molecule has 0 aliphatic carbocycles. The van der Waals surface area contributed by atoms with Crippen molar-refractivity contribution < 1.29 is 9.59 Å². The van der Waals surface area contributed by atoms with Gasteiger partial charge in [-0.3, -0.25) is 14.6 Å².